The van der Waals surface area contributed by atoms with Crippen molar-refractivity contribution in [1.82, 2.24) is 15.0 Å². The highest BCUT2D eigenvalue weighted by molar-refractivity contribution is 5.89. The molecule has 28 heavy (non-hydrogen) atoms. The molecule has 7 heteroatoms. The van der Waals surface area contributed by atoms with Gasteiger partial charge in [0.1, 0.15) is 12.4 Å². The van der Waals surface area contributed by atoms with Gasteiger partial charge in [-0.1, -0.05) is 32.0 Å². The molecule has 1 N–H and O–H groups in total. The maximum Gasteiger partial charge on any atom is 0.415 e. The van der Waals surface area contributed by atoms with Gasteiger partial charge in [0.15, 0.2) is 0 Å². The Bertz CT molecular complexity index is 1010. The predicted octanol–water partition coefficient (Wildman–Crippen LogP) is 4.18. The molecule has 1 aromatic carbocycles. The molecule has 1 saturated heterocycles. The van der Waals surface area contributed by atoms with Crippen LogP contribution in [0.1, 0.15) is 32.4 Å². The molecule has 7 nitrogen and oxygen atoms in total. The van der Waals surface area contributed by atoms with Crippen molar-refractivity contribution in [2.75, 3.05) is 16.8 Å². The molecular weight excluding hydrogens is 354 g/mol. The summed E-state index contributed by atoms with van der Waals surface area (Å²) < 4.78 is 5.22. The van der Waals surface area contributed by atoms with Crippen LogP contribution in [-0.2, 0) is 4.74 Å². The van der Waals surface area contributed by atoms with E-state index >= 15 is 0 Å². The lowest BCUT2D eigenvalue weighted by atomic mass is 10.0. The number of nitrogens with zero attached hydrogens (tertiary/aromatic N) is 4. The second-order valence-corrected chi connectivity index (χ2v) is 7.32. The van der Waals surface area contributed by atoms with Gasteiger partial charge in [0.25, 0.3) is 0 Å². The van der Waals surface area contributed by atoms with E-state index in [9.17, 15) is 4.79 Å². The molecule has 144 valence electrons. The Labute approximate surface area is 163 Å². The molecule has 1 fully saturated rings. The summed E-state index contributed by atoms with van der Waals surface area (Å²) in [6.45, 7) is 6.55. The molecule has 0 saturated carbocycles. The topological polar surface area (TPSA) is 80.2 Å². The van der Waals surface area contributed by atoms with Crippen molar-refractivity contribution < 1.29 is 9.53 Å². The summed E-state index contributed by atoms with van der Waals surface area (Å²) in [5.74, 6) is 1.28. The molecule has 3 aromatic rings. The second kappa shape index (κ2) is 7.42. The summed E-state index contributed by atoms with van der Waals surface area (Å²) in [6.07, 6.45) is 3.08. The van der Waals surface area contributed by atoms with Crippen molar-refractivity contribution >= 4 is 28.8 Å². The number of carbonyl (C=O) groups is 1. The number of carbonyl (C=O) groups excluding carboxylic acids is 1. The first-order valence-corrected chi connectivity index (χ1v) is 9.43. The van der Waals surface area contributed by atoms with Crippen LogP contribution in [-0.4, -0.2) is 33.7 Å². The van der Waals surface area contributed by atoms with E-state index in [2.05, 4.69) is 52.3 Å². The Morgan fingerprint density at radius 2 is 2.00 bits per heavy atom. The zero-order valence-corrected chi connectivity index (χ0v) is 16.2. The van der Waals surface area contributed by atoms with Crippen molar-refractivity contribution in [3.8, 4) is 0 Å². The van der Waals surface area contributed by atoms with E-state index in [-0.39, 0.29) is 24.1 Å². The molecule has 0 aliphatic carbocycles. The fourth-order valence-corrected chi connectivity index (χ4v) is 3.37. The third-order valence-corrected chi connectivity index (χ3v) is 5.04. The molecule has 0 spiro atoms. The van der Waals surface area contributed by atoms with Crippen LogP contribution in [0.4, 0.5) is 16.6 Å². The summed E-state index contributed by atoms with van der Waals surface area (Å²) in [7, 11) is 0. The summed E-state index contributed by atoms with van der Waals surface area (Å²) in [6, 6.07) is 11.8. The highest BCUT2D eigenvalue weighted by Gasteiger charge is 2.37. The van der Waals surface area contributed by atoms with Gasteiger partial charge in [-0.3, -0.25) is 9.88 Å². The van der Waals surface area contributed by atoms with Gasteiger partial charge in [-0.05, 0) is 36.6 Å². The number of amides is 1. The Morgan fingerprint density at radius 1 is 1.14 bits per heavy atom. The molecule has 3 heterocycles. The number of aromatic nitrogens is 3. The summed E-state index contributed by atoms with van der Waals surface area (Å²) in [4.78, 5) is 27.1. The van der Waals surface area contributed by atoms with Crippen molar-refractivity contribution in [3.05, 3.63) is 54.4 Å². The van der Waals surface area contributed by atoms with E-state index in [4.69, 9.17) is 4.74 Å². The van der Waals surface area contributed by atoms with Gasteiger partial charge in [-0.25, -0.2) is 9.78 Å². The molecule has 4 rings (SSSR count). The Hall–Kier alpha value is -3.22. The van der Waals surface area contributed by atoms with Crippen LogP contribution in [0.25, 0.3) is 10.9 Å². The number of anilines is 2. The Balaban J connectivity index is 1.56. The fourth-order valence-electron chi connectivity index (χ4n) is 3.37. The Kier molecular flexibility index (Phi) is 4.81. The maximum atomic E-state index is 12.2. The first-order valence-electron chi connectivity index (χ1n) is 9.43. The van der Waals surface area contributed by atoms with Crippen LogP contribution >= 0.6 is 0 Å². The van der Waals surface area contributed by atoms with E-state index in [0.29, 0.717) is 18.4 Å². The number of ether oxygens (including phenoxy) is 1. The minimum atomic E-state index is -0.364. The van der Waals surface area contributed by atoms with E-state index in [1.165, 1.54) is 0 Å². The highest BCUT2D eigenvalue weighted by Crippen LogP contribution is 2.27. The van der Waals surface area contributed by atoms with E-state index in [1.54, 1.807) is 23.4 Å². The van der Waals surface area contributed by atoms with Gasteiger partial charge in [-0.15, -0.1) is 0 Å². The smallest absolute Gasteiger partial charge is 0.415 e. The monoisotopic (exact) mass is 377 g/mol. The lowest BCUT2D eigenvalue weighted by Gasteiger charge is -2.23. The summed E-state index contributed by atoms with van der Waals surface area (Å²) in [5.41, 5.74) is 2.03. The van der Waals surface area contributed by atoms with E-state index in [1.807, 2.05) is 19.1 Å². The van der Waals surface area contributed by atoms with E-state index in [0.717, 1.165) is 16.5 Å². The summed E-state index contributed by atoms with van der Waals surface area (Å²) >= 11 is 0. The molecule has 1 aliphatic heterocycles. The largest absolute Gasteiger partial charge is 0.447 e. The molecule has 1 amide bonds. The second-order valence-electron chi connectivity index (χ2n) is 7.32. The number of cyclic esters (lactones) is 1. The number of nitrogens with one attached hydrogen (secondary N) is 1. The standard InChI is InChI=1S/C21H23N5O2/c1-13(2)18-12-28-21(27)26(18)19-8-10-23-20(25-19)24-14(3)16-7-6-15-5-4-9-22-17(15)11-16/h4-11,13-14,18H,12H2,1-3H3,(H,23,24,25)/t14-,18+/m0/s1. The van der Waals surface area contributed by atoms with Crippen molar-refractivity contribution in [2.24, 2.45) is 5.92 Å². The van der Waals surface area contributed by atoms with Gasteiger partial charge in [-0.2, -0.15) is 4.98 Å². The normalized spacial score (nSPS) is 17.8. The lowest BCUT2D eigenvalue weighted by molar-refractivity contribution is 0.177. The van der Waals surface area contributed by atoms with Gasteiger partial charge < -0.3 is 10.1 Å². The molecular formula is C21H23N5O2. The zero-order valence-electron chi connectivity index (χ0n) is 16.2. The third-order valence-electron chi connectivity index (χ3n) is 5.04. The molecule has 0 unspecified atom stereocenters. The van der Waals surface area contributed by atoms with Crippen LogP contribution in [0.15, 0.2) is 48.8 Å². The molecule has 1 aliphatic rings. The van der Waals surface area contributed by atoms with Crippen molar-refractivity contribution in [3.63, 3.8) is 0 Å². The van der Waals surface area contributed by atoms with E-state index < -0.39 is 0 Å². The first kappa shape index (κ1) is 18.2. The average molecular weight is 377 g/mol. The van der Waals surface area contributed by atoms with Crippen LogP contribution in [0.2, 0.25) is 0 Å². The lowest BCUT2D eigenvalue weighted by Crippen LogP contribution is -2.37. The van der Waals surface area contributed by atoms with Gasteiger partial charge in [0.05, 0.1) is 17.6 Å². The minimum Gasteiger partial charge on any atom is -0.447 e. The maximum absolute atomic E-state index is 12.2. The first-order chi connectivity index (χ1) is 13.5. The van der Waals surface area contributed by atoms with Crippen LogP contribution in [0.5, 0.6) is 0 Å². The Morgan fingerprint density at radius 3 is 2.82 bits per heavy atom. The number of hydrogen-bond acceptors (Lipinski definition) is 6. The van der Waals surface area contributed by atoms with Crippen molar-refractivity contribution in [1.29, 1.82) is 0 Å². The van der Waals surface area contributed by atoms with Crippen LogP contribution < -0.4 is 10.2 Å². The molecule has 2 aromatic heterocycles. The number of fused-ring (bicyclic) bond motifs is 1. The number of rotatable bonds is 5. The number of benzene rings is 1. The van der Waals surface area contributed by atoms with Crippen molar-refractivity contribution in [2.45, 2.75) is 32.9 Å². The number of hydrogen-bond donors (Lipinski definition) is 1. The zero-order chi connectivity index (χ0) is 19.7. The highest BCUT2D eigenvalue weighted by atomic mass is 16.6. The predicted molar refractivity (Wildman–Crippen MR) is 108 cm³/mol. The minimum absolute atomic E-state index is 0.0203. The average Bonchev–Trinajstić information content (AvgIpc) is 3.09. The van der Waals surface area contributed by atoms with Gasteiger partial charge >= 0.3 is 6.09 Å². The SMILES string of the molecule is CC(C)[C@H]1COC(=O)N1c1ccnc(N[C@@H](C)c2ccc3cccnc3c2)n1. The molecule has 2 atom stereocenters. The quantitative estimate of drug-likeness (QED) is 0.718. The van der Waals surface area contributed by atoms with Gasteiger partial charge in [0.2, 0.25) is 5.95 Å². The molecule has 0 bridgehead atoms. The fraction of sp³-hybridized carbons (Fsp3) is 0.333. The third kappa shape index (κ3) is 3.47. The molecule has 0 radical (unpaired) electrons. The van der Waals surface area contributed by atoms with Gasteiger partial charge in [0, 0.05) is 17.8 Å². The van der Waals surface area contributed by atoms with Crippen LogP contribution in [0, 0.1) is 5.92 Å². The van der Waals surface area contributed by atoms with Crippen LogP contribution in [0.3, 0.4) is 0 Å². The summed E-state index contributed by atoms with van der Waals surface area (Å²) in [5, 5.41) is 4.42. The number of pyridine rings is 1.